The molecule has 1 amide bonds. The standard InChI is InChI=1S/C18H28FN3O3.C2H2O4/c1-24-13-11-22(12-14-25-2)18(23)15-20-7-9-21(10-8-20)17-5-3-16(19)4-6-17;3-1(4)2(5)6/h3-6H,7-15H2,1-2H3;(H,3,4)(H,5,6). The second kappa shape index (κ2) is 14.3. The largest absolute Gasteiger partial charge is 0.473 e. The van der Waals surface area contributed by atoms with Crippen LogP contribution in [0.2, 0.25) is 0 Å². The van der Waals surface area contributed by atoms with Gasteiger partial charge in [0, 0.05) is 59.2 Å². The van der Waals surface area contributed by atoms with Crippen molar-refractivity contribution < 1.29 is 38.5 Å². The summed E-state index contributed by atoms with van der Waals surface area (Å²) in [5.41, 5.74) is 1.02. The number of methoxy groups -OCH3 is 2. The van der Waals surface area contributed by atoms with Crippen molar-refractivity contribution in [2.45, 2.75) is 0 Å². The molecule has 0 radical (unpaired) electrons. The van der Waals surface area contributed by atoms with Gasteiger partial charge in [-0.1, -0.05) is 0 Å². The summed E-state index contributed by atoms with van der Waals surface area (Å²) < 4.78 is 23.2. The summed E-state index contributed by atoms with van der Waals surface area (Å²) in [6.07, 6.45) is 0. The minimum Gasteiger partial charge on any atom is -0.473 e. The number of ether oxygens (including phenoxy) is 2. The zero-order valence-corrected chi connectivity index (χ0v) is 17.8. The highest BCUT2D eigenvalue weighted by atomic mass is 19.1. The SMILES string of the molecule is COCCN(CCOC)C(=O)CN1CCN(c2ccc(F)cc2)CC1.O=C(O)C(=O)O. The van der Waals surface area contributed by atoms with Gasteiger partial charge in [-0.3, -0.25) is 9.69 Å². The van der Waals surface area contributed by atoms with Crippen molar-refractivity contribution in [1.29, 1.82) is 0 Å². The van der Waals surface area contributed by atoms with Crippen LogP contribution >= 0.6 is 0 Å². The quantitative estimate of drug-likeness (QED) is 0.517. The van der Waals surface area contributed by atoms with Crippen molar-refractivity contribution in [2.75, 3.05) is 78.1 Å². The predicted molar refractivity (Wildman–Crippen MR) is 111 cm³/mol. The molecule has 1 fully saturated rings. The molecule has 0 saturated carbocycles. The molecule has 1 saturated heterocycles. The second-order valence-electron chi connectivity index (χ2n) is 6.72. The first-order chi connectivity index (χ1) is 14.8. The normalized spacial score (nSPS) is 13.8. The lowest BCUT2D eigenvalue weighted by atomic mass is 10.2. The van der Waals surface area contributed by atoms with Gasteiger partial charge < -0.3 is 29.5 Å². The van der Waals surface area contributed by atoms with Crippen LogP contribution in [-0.2, 0) is 23.9 Å². The molecule has 10 nitrogen and oxygen atoms in total. The van der Waals surface area contributed by atoms with Gasteiger partial charge in [-0.15, -0.1) is 0 Å². The molecule has 31 heavy (non-hydrogen) atoms. The van der Waals surface area contributed by atoms with Crippen molar-refractivity contribution in [2.24, 2.45) is 0 Å². The topological polar surface area (TPSA) is 120 Å². The Morgan fingerprint density at radius 1 is 0.935 bits per heavy atom. The van der Waals surface area contributed by atoms with Crippen LogP contribution in [0.1, 0.15) is 0 Å². The molecule has 1 heterocycles. The molecule has 2 rings (SSSR count). The van der Waals surface area contributed by atoms with Gasteiger partial charge in [-0.2, -0.15) is 0 Å². The van der Waals surface area contributed by atoms with E-state index < -0.39 is 11.9 Å². The zero-order chi connectivity index (χ0) is 23.2. The molecule has 174 valence electrons. The van der Waals surface area contributed by atoms with Crippen LogP contribution in [-0.4, -0.2) is 111 Å². The van der Waals surface area contributed by atoms with E-state index in [-0.39, 0.29) is 11.7 Å². The third-order valence-corrected chi connectivity index (χ3v) is 4.59. The Hall–Kier alpha value is -2.76. The summed E-state index contributed by atoms with van der Waals surface area (Å²) >= 11 is 0. The van der Waals surface area contributed by atoms with E-state index in [4.69, 9.17) is 29.3 Å². The van der Waals surface area contributed by atoms with Gasteiger partial charge in [0.25, 0.3) is 0 Å². The Morgan fingerprint density at radius 2 is 1.42 bits per heavy atom. The molecular weight excluding hydrogens is 413 g/mol. The fourth-order valence-corrected chi connectivity index (χ4v) is 2.87. The molecular formula is C20H30FN3O7. The third-order valence-electron chi connectivity index (χ3n) is 4.59. The first kappa shape index (κ1) is 26.3. The number of nitrogens with zero attached hydrogens (tertiary/aromatic N) is 3. The minimum atomic E-state index is -1.82. The van der Waals surface area contributed by atoms with E-state index in [2.05, 4.69) is 9.80 Å². The van der Waals surface area contributed by atoms with E-state index in [1.807, 2.05) is 0 Å². The van der Waals surface area contributed by atoms with Crippen molar-refractivity contribution in [3.05, 3.63) is 30.1 Å². The van der Waals surface area contributed by atoms with E-state index >= 15 is 0 Å². The number of piperazine rings is 1. The Labute approximate surface area is 180 Å². The first-order valence-corrected chi connectivity index (χ1v) is 9.73. The van der Waals surface area contributed by atoms with Crippen LogP contribution in [0.3, 0.4) is 0 Å². The monoisotopic (exact) mass is 443 g/mol. The summed E-state index contributed by atoms with van der Waals surface area (Å²) in [4.78, 5) is 36.9. The van der Waals surface area contributed by atoms with Gasteiger partial charge >= 0.3 is 11.9 Å². The van der Waals surface area contributed by atoms with E-state index in [9.17, 15) is 9.18 Å². The number of carbonyl (C=O) groups excluding carboxylic acids is 1. The van der Waals surface area contributed by atoms with Crippen molar-refractivity contribution >= 4 is 23.5 Å². The van der Waals surface area contributed by atoms with E-state index in [0.29, 0.717) is 32.8 Å². The molecule has 1 aromatic rings. The summed E-state index contributed by atoms with van der Waals surface area (Å²) in [6.45, 7) is 5.88. The predicted octanol–water partition coefficient (Wildman–Crippen LogP) is 0.225. The van der Waals surface area contributed by atoms with Gasteiger partial charge in [0.1, 0.15) is 5.82 Å². The average Bonchev–Trinajstić information content (AvgIpc) is 2.75. The molecule has 1 aliphatic heterocycles. The average molecular weight is 443 g/mol. The Balaban J connectivity index is 0.000000703. The second-order valence-corrected chi connectivity index (χ2v) is 6.72. The highest BCUT2D eigenvalue weighted by Crippen LogP contribution is 2.16. The number of carbonyl (C=O) groups is 3. The first-order valence-electron chi connectivity index (χ1n) is 9.73. The fraction of sp³-hybridized carbons (Fsp3) is 0.550. The molecule has 2 N–H and O–H groups in total. The fourth-order valence-electron chi connectivity index (χ4n) is 2.87. The number of rotatable bonds is 9. The molecule has 1 aromatic carbocycles. The Bertz CT molecular complexity index is 675. The maximum absolute atomic E-state index is 13.0. The molecule has 0 bridgehead atoms. The summed E-state index contributed by atoms with van der Waals surface area (Å²) in [5.74, 6) is -3.77. The summed E-state index contributed by atoms with van der Waals surface area (Å²) in [6, 6.07) is 6.56. The van der Waals surface area contributed by atoms with Gasteiger partial charge in [-0.05, 0) is 24.3 Å². The van der Waals surface area contributed by atoms with Gasteiger partial charge in [-0.25, -0.2) is 14.0 Å². The number of benzene rings is 1. The van der Waals surface area contributed by atoms with Crippen molar-refractivity contribution in [3.63, 3.8) is 0 Å². The summed E-state index contributed by atoms with van der Waals surface area (Å²) in [7, 11) is 3.27. The number of hydrogen-bond donors (Lipinski definition) is 2. The zero-order valence-electron chi connectivity index (χ0n) is 17.8. The molecule has 0 aliphatic carbocycles. The number of amides is 1. The Kier molecular flexibility index (Phi) is 12.1. The molecule has 0 unspecified atom stereocenters. The number of halogens is 1. The highest BCUT2D eigenvalue weighted by Gasteiger charge is 2.22. The van der Waals surface area contributed by atoms with Crippen LogP contribution in [0, 0.1) is 5.82 Å². The van der Waals surface area contributed by atoms with E-state index in [0.717, 1.165) is 31.9 Å². The lowest BCUT2D eigenvalue weighted by Crippen LogP contribution is -2.50. The molecule has 1 aliphatic rings. The highest BCUT2D eigenvalue weighted by molar-refractivity contribution is 6.27. The molecule has 11 heteroatoms. The third kappa shape index (κ3) is 10.2. The van der Waals surface area contributed by atoms with Crippen LogP contribution < -0.4 is 4.90 Å². The van der Waals surface area contributed by atoms with Crippen LogP contribution in [0.15, 0.2) is 24.3 Å². The van der Waals surface area contributed by atoms with Crippen molar-refractivity contribution in [3.8, 4) is 0 Å². The van der Waals surface area contributed by atoms with Gasteiger partial charge in [0.15, 0.2) is 0 Å². The Morgan fingerprint density at radius 3 is 1.84 bits per heavy atom. The smallest absolute Gasteiger partial charge is 0.414 e. The number of anilines is 1. The number of aliphatic carboxylic acids is 2. The van der Waals surface area contributed by atoms with E-state index in [1.165, 1.54) is 12.1 Å². The number of carboxylic acids is 2. The minimum absolute atomic E-state index is 0.101. The van der Waals surface area contributed by atoms with Crippen LogP contribution in [0.4, 0.5) is 10.1 Å². The molecule has 0 atom stereocenters. The van der Waals surface area contributed by atoms with Crippen LogP contribution in [0.5, 0.6) is 0 Å². The van der Waals surface area contributed by atoms with Crippen LogP contribution in [0.25, 0.3) is 0 Å². The maximum Gasteiger partial charge on any atom is 0.414 e. The number of hydrogen-bond acceptors (Lipinski definition) is 7. The maximum atomic E-state index is 13.0. The van der Waals surface area contributed by atoms with Gasteiger partial charge in [0.2, 0.25) is 5.91 Å². The lowest BCUT2D eigenvalue weighted by molar-refractivity contribution is -0.159. The summed E-state index contributed by atoms with van der Waals surface area (Å²) in [5, 5.41) is 14.8. The van der Waals surface area contributed by atoms with Gasteiger partial charge in [0.05, 0.1) is 19.8 Å². The molecule has 0 spiro atoms. The lowest BCUT2D eigenvalue weighted by Gasteiger charge is -2.36. The number of carboxylic acid groups (broad SMARTS) is 2. The molecule has 0 aromatic heterocycles. The van der Waals surface area contributed by atoms with Crippen molar-refractivity contribution in [1.82, 2.24) is 9.80 Å². The van der Waals surface area contributed by atoms with E-state index in [1.54, 1.807) is 31.3 Å².